The van der Waals surface area contributed by atoms with Crippen molar-refractivity contribution in [2.75, 3.05) is 38.8 Å². The highest BCUT2D eigenvalue weighted by Crippen LogP contribution is 2.09. The van der Waals surface area contributed by atoms with Crippen molar-refractivity contribution >= 4 is 15.8 Å². The Hall–Kier alpha value is -1.60. The van der Waals surface area contributed by atoms with Crippen LogP contribution in [0.3, 0.4) is 0 Å². The quantitative estimate of drug-likeness (QED) is 0.419. The molecule has 2 N–H and O–H groups in total. The summed E-state index contributed by atoms with van der Waals surface area (Å²) in [4.78, 5) is 4.15. The molecule has 0 aromatic heterocycles. The summed E-state index contributed by atoms with van der Waals surface area (Å²) < 4.78 is 27.2. The molecule has 0 fully saturated rings. The zero-order chi connectivity index (χ0) is 17.3. The molecule has 0 aliphatic rings. The zero-order valence-corrected chi connectivity index (χ0v) is 15.2. The third kappa shape index (κ3) is 8.56. The van der Waals surface area contributed by atoms with E-state index in [-0.39, 0.29) is 12.4 Å². The largest absolute Gasteiger partial charge is 0.379 e. The Morgan fingerprint density at radius 1 is 1.22 bits per heavy atom. The maximum atomic E-state index is 11.0. The molecule has 23 heavy (non-hydrogen) atoms. The highest BCUT2D eigenvalue weighted by atomic mass is 32.2. The van der Waals surface area contributed by atoms with Crippen LogP contribution in [0.2, 0.25) is 0 Å². The fourth-order valence-corrected chi connectivity index (χ4v) is 2.42. The minimum absolute atomic E-state index is 0.0483. The van der Waals surface area contributed by atoms with Crippen molar-refractivity contribution in [1.82, 2.24) is 10.6 Å². The van der Waals surface area contributed by atoms with Gasteiger partial charge in [-0.05, 0) is 25.0 Å². The molecule has 1 aromatic carbocycles. The molecule has 0 bridgehead atoms. The lowest BCUT2D eigenvalue weighted by atomic mass is 10.1. The van der Waals surface area contributed by atoms with E-state index >= 15 is 0 Å². The Morgan fingerprint density at radius 3 is 2.57 bits per heavy atom. The van der Waals surface area contributed by atoms with Gasteiger partial charge in [0.2, 0.25) is 0 Å². The van der Waals surface area contributed by atoms with Crippen molar-refractivity contribution in [3.8, 4) is 0 Å². The van der Waals surface area contributed by atoms with Crippen LogP contribution in [0, 0.1) is 13.8 Å². The molecular weight excluding hydrogens is 314 g/mol. The Kier molecular flexibility index (Phi) is 8.05. The Morgan fingerprint density at radius 2 is 1.96 bits per heavy atom. The van der Waals surface area contributed by atoms with Crippen molar-refractivity contribution in [2.45, 2.75) is 20.4 Å². The smallest absolute Gasteiger partial charge is 0.191 e. The van der Waals surface area contributed by atoms with Crippen LogP contribution < -0.4 is 10.6 Å². The molecule has 1 aromatic rings. The van der Waals surface area contributed by atoms with Crippen LogP contribution in [-0.4, -0.2) is 53.2 Å². The fourth-order valence-electron chi connectivity index (χ4n) is 2.00. The van der Waals surface area contributed by atoms with Crippen molar-refractivity contribution in [1.29, 1.82) is 0 Å². The number of aliphatic imine (C=N–C) groups is 1. The summed E-state index contributed by atoms with van der Waals surface area (Å²) in [6.07, 6.45) is 1.20. The number of benzene rings is 1. The summed E-state index contributed by atoms with van der Waals surface area (Å²) in [5, 5.41) is 6.38. The normalized spacial score (nSPS) is 12.3. The van der Waals surface area contributed by atoms with E-state index in [1.54, 1.807) is 7.05 Å². The van der Waals surface area contributed by atoms with Gasteiger partial charge < -0.3 is 15.4 Å². The molecule has 7 heteroatoms. The number of aryl methyl sites for hydroxylation is 2. The standard InChI is InChI=1S/C16H27N3O3S/c1-13-5-6-15(14(2)11-13)12-19-16(17-3)18-7-8-22-9-10-23(4,20)21/h5-6,11H,7-10,12H2,1-4H3,(H2,17,18,19). The van der Waals surface area contributed by atoms with Crippen LogP contribution in [0.5, 0.6) is 0 Å². The van der Waals surface area contributed by atoms with Gasteiger partial charge in [-0.15, -0.1) is 0 Å². The predicted octanol–water partition coefficient (Wildman–Crippen LogP) is 1.03. The number of ether oxygens (including phenoxy) is 1. The van der Waals surface area contributed by atoms with Gasteiger partial charge in [-0.2, -0.15) is 0 Å². The van der Waals surface area contributed by atoms with E-state index in [4.69, 9.17) is 4.74 Å². The fraction of sp³-hybridized carbons (Fsp3) is 0.562. The molecular formula is C16H27N3O3S. The van der Waals surface area contributed by atoms with Crippen molar-refractivity contribution < 1.29 is 13.2 Å². The Labute approximate surface area is 139 Å². The van der Waals surface area contributed by atoms with Crippen LogP contribution in [-0.2, 0) is 21.1 Å². The Bertz CT molecular complexity index is 627. The summed E-state index contributed by atoms with van der Waals surface area (Å²) >= 11 is 0. The highest BCUT2D eigenvalue weighted by molar-refractivity contribution is 7.90. The van der Waals surface area contributed by atoms with Gasteiger partial charge in [0.05, 0.1) is 19.0 Å². The van der Waals surface area contributed by atoms with Crippen LogP contribution in [0.1, 0.15) is 16.7 Å². The van der Waals surface area contributed by atoms with Crippen LogP contribution in [0.25, 0.3) is 0 Å². The Balaban J connectivity index is 2.27. The molecule has 0 saturated carbocycles. The second-order valence-electron chi connectivity index (χ2n) is 5.52. The van der Waals surface area contributed by atoms with Crippen LogP contribution in [0.4, 0.5) is 0 Å². The third-order valence-electron chi connectivity index (χ3n) is 3.31. The van der Waals surface area contributed by atoms with Gasteiger partial charge in [-0.3, -0.25) is 4.99 Å². The molecule has 0 unspecified atom stereocenters. The van der Waals surface area contributed by atoms with Crippen LogP contribution >= 0.6 is 0 Å². The lowest BCUT2D eigenvalue weighted by molar-refractivity contribution is 0.154. The van der Waals surface area contributed by atoms with E-state index < -0.39 is 9.84 Å². The van der Waals surface area contributed by atoms with E-state index in [1.807, 2.05) is 0 Å². The highest BCUT2D eigenvalue weighted by Gasteiger charge is 2.03. The van der Waals surface area contributed by atoms with Gasteiger partial charge in [-0.25, -0.2) is 8.42 Å². The average molecular weight is 341 g/mol. The van der Waals surface area contributed by atoms with E-state index in [9.17, 15) is 8.42 Å². The first-order valence-corrected chi connectivity index (χ1v) is 9.64. The first-order chi connectivity index (χ1) is 10.8. The molecule has 0 radical (unpaired) electrons. The molecule has 0 atom stereocenters. The van der Waals surface area contributed by atoms with E-state index in [0.29, 0.717) is 25.7 Å². The molecule has 0 amide bonds. The topological polar surface area (TPSA) is 79.8 Å². The monoisotopic (exact) mass is 341 g/mol. The minimum Gasteiger partial charge on any atom is -0.379 e. The number of guanidine groups is 1. The summed E-state index contributed by atoms with van der Waals surface area (Å²) in [6.45, 7) is 6.08. The minimum atomic E-state index is -2.96. The van der Waals surface area contributed by atoms with E-state index in [1.165, 1.54) is 22.9 Å². The molecule has 1 rings (SSSR count). The first kappa shape index (κ1) is 19.4. The van der Waals surface area contributed by atoms with E-state index in [2.05, 4.69) is 47.7 Å². The number of nitrogens with one attached hydrogen (secondary N) is 2. The number of hydrogen-bond acceptors (Lipinski definition) is 4. The molecule has 0 aliphatic heterocycles. The number of sulfone groups is 1. The van der Waals surface area contributed by atoms with Crippen molar-refractivity contribution in [2.24, 2.45) is 4.99 Å². The van der Waals surface area contributed by atoms with Gasteiger partial charge >= 0.3 is 0 Å². The summed E-state index contributed by atoms with van der Waals surface area (Å²) in [6, 6.07) is 6.36. The lowest BCUT2D eigenvalue weighted by Crippen LogP contribution is -2.38. The molecule has 130 valence electrons. The van der Waals surface area contributed by atoms with Gasteiger partial charge in [0.25, 0.3) is 0 Å². The summed E-state index contributed by atoms with van der Waals surface area (Å²) in [5.74, 6) is 0.740. The number of rotatable bonds is 8. The SMILES string of the molecule is CN=C(NCCOCCS(C)(=O)=O)NCc1ccc(C)cc1C. The predicted molar refractivity (Wildman–Crippen MR) is 94.6 cm³/mol. The maximum absolute atomic E-state index is 11.0. The van der Waals surface area contributed by atoms with Gasteiger partial charge in [0.15, 0.2) is 5.96 Å². The average Bonchev–Trinajstić information content (AvgIpc) is 2.46. The summed E-state index contributed by atoms with van der Waals surface area (Å²) in [7, 11) is -1.25. The molecule has 0 heterocycles. The number of nitrogens with zero attached hydrogens (tertiary/aromatic N) is 1. The third-order valence-corrected chi connectivity index (χ3v) is 4.21. The van der Waals surface area contributed by atoms with Gasteiger partial charge in [0.1, 0.15) is 9.84 Å². The maximum Gasteiger partial charge on any atom is 0.191 e. The molecule has 0 saturated heterocycles. The lowest BCUT2D eigenvalue weighted by Gasteiger charge is -2.13. The molecule has 0 aliphatic carbocycles. The number of hydrogen-bond donors (Lipinski definition) is 2. The molecule has 0 spiro atoms. The van der Waals surface area contributed by atoms with Gasteiger partial charge in [0, 0.05) is 26.4 Å². The van der Waals surface area contributed by atoms with Crippen molar-refractivity contribution in [3.05, 3.63) is 34.9 Å². The van der Waals surface area contributed by atoms with Gasteiger partial charge in [-0.1, -0.05) is 23.8 Å². The first-order valence-electron chi connectivity index (χ1n) is 7.58. The second-order valence-corrected chi connectivity index (χ2v) is 7.78. The van der Waals surface area contributed by atoms with Crippen LogP contribution in [0.15, 0.2) is 23.2 Å². The zero-order valence-electron chi connectivity index (χ0n) is 14.3. The van der Waals surface area contributed by atoms with E-state index in [0.717, 1.165) is 0 Å². The second kappa shape index (κ2) is 9.52. The summed E-state index contributed by atoms with van der Waals surface area (Å²) in [5.41, 5.74) is 3.72. The molecule has 6 nitrogen and oxygen atoms in total. The van der Waals surface area contributed by atoms with Crippen molar-refractivity contribution in [3.63, 3.8) is 0 Å².